The minimum Gasteiger partial charge on any atom is -0.484 e. The number of alkyl halides is 3. The van der Waals surface area contributed by atoms with Gasteiger partial charge in [0, 0.05) is 24.6 Å². The van der Waals surface area contributed by atoms with E-state index in [1.165, 1.54) is 7.11 Å². The molecule has 1 saturated heterocycles. The zero-order valence-corrected chi connectivity index (χ0v) is 13.1. The van der Waals surface area contributed by atoms with Crippen LogP contribution >= 0.6 is 0 Å². The number of ether oxygens (including phenoxy) is 2. The van der Waals surface area contributed by atoms with Gasteiger partial charge in [0.1, 0.15) is 5.75 Å². The first-order valence-electron chi connectivity index (χ1n) is 7.29. The lowest BCUT2D eigenvalue weighted by Gasteiger charge is -2.32. The number of rotatable bonds is 5. The van der Waals surface area contributed by atoms with Crippen molar-refractivity contribution in [3.05, 3.63) is 29.3 Å². The summed E-state index contributed by atoms with van der Waals surface area (Å²) in [5, 5.41) is 3.34. The van der Waals surface area contributed by atoms with Crippen molar-refractivity contribution >= 4 is 0 Å². The average Bonchev–Trinajstić information content (AvgIpc) is 2.78. The van der Waals surface area contributed by atoms with E-state index in [2.05, 4.69) is 19.2 Å². The molecule has 1 aromatic carbocycles. The Morgan fingerprint density at radius 1 is 1.36 bits per heavy atom. The monoisotopic (exact) mass is 317 g/mol. The van der Waals surface area contributed by atoms with Gasteiger partial charge in [0.2, 0.25) is 0 Å². The molecular formula is C16H22F3NO2. The highest BCUT2D eigenvalue weighted by Gasteiger charge is 2.39. The molecule has 0 spiro atoms. The number of benzene rings is 1. The molecule has 2 atom stereocenters. The fraction of sp³-hybridized carbons (Fsp3) is 0.625. The predicted octanol–water partition coefficient (Wildman–Crippen LogP) is 3.27. The van der Waals surface area contributed by atoms with Crippen LogP contribution in [0.5, 0.6) is 5.75 Å². The lowest BCUT2D eigenvalue weighted by Crippen LogP contribution is -2.32. The first kappa shape index (κ1) is 17.1. The van der Waals surface area contributed by atoms with Gasteiger partial charge < -0.3 is 14.8 Å². The van der Waals surface area contributed by atoms with Gasteiger partial charge in [0.25, 0.3) is 0 Å². The van der Waals surface area contributed by atoms with Crippen LogP contribution in [0.15, 0.2) is 18.2 Å². The van der Waals surface area contributed by atoms with Crippen molar-refractivity contribution in [2.75, 3.05) is 26.8 Å². The maximum atomic E-state index is 12.4. The molecule has 6 heteroatoms. The molecular weight excluding hydrogens is 295 g/mol. The molecule has 0 amide bonds. The number of halogens is 3. The van der Waals surface area contributed by atoms with E-state index >= 15 is 0 Å². The second-order valence-electron chi connectivity index (χ2n) is 6.07. The van der Waals surface area contributed by atoms with E-state index in [1.54, 1.807) is 12.1 Å². The van der Waals surface area contributed by atoms with Crippen LogP contribution in [0.4, 0.5) is 13.2 Å². The summed E-state index contributed by atoms with van der Waals surface area (Å²) in [6, 6.07) is 5.27. The Balaban J connectivity index is 2.38. The van der Waals surface area contributed by atoms with Crippen LogP contribution in [0.25, 0.3) is 0 Å². The van der Waals surface area contributed by atoms with Crippen molar-refractivity contribution < 1.29 is 22.6 Å². The first-order valence-corrected chi connectivity index (χ1v) is 7.29. The number of hydrogen-bond donors (Lipinski definition) is 1. The second kappa shape index (κ2) is 6.46. The molecule has 2 rings (SSSR count). The minimum atomic E-state index is -4.35. The normalized spacial score (nSPS) is 25.5. The van der Waals surface area contributed by atoms with E-state index in [4.69, 9.17) is 9.47 Å². The number of hydrogen-bond acceptors (Lipinski definition) is 3. The molecule has 1 N–H and O–H groups in total. The zero-order chi connectivity index (χ0) is 16.4. The summed E-state index contributed by atoms with van der Waals surface area (Å²) in [6.45, 7) is 4.87. The molecule has 2 unspecified atom stereocenters. The van der Waals surface area contributed by atoms with E-state index in [0.29, 0.717) is 11.5 Å². The topological polar surface area (TPSA) is 30.5 Å². The van der Waals surface area contributed by atoms with Gasteiger partial charge in [0.15, 0.2) is 6.61 Å². The molecule has 1 aliphatic rings. The van der Waals surface area contributed by atoms with Crippen LogP contribution < -0.4 is 10.1 Å². The fourth-order valence-electron chi connectivity index (χ4n) is 3.00. The van der Waals surface area contributed by atoms with Gasteiger partial charge in [-0.1, -0.05) is 26.0 Å². The Bertz CT molecular complexity index is 519. The van der Waals surface area contributed by atoms with Gasteiger partial charge in [-0.3, -0.25) is 0 Å². The summed E-state index contributed by atoms with van der Waals surface area (Å²) in [5.74, 6) is 0.623. The summed E-state index contributed by atoms with van der Waals surface area (Å²) >= 11 is 0. The Hall–Kier alpha value is -1.27. The molecule has 1 aromatic rings. The zero-order valence-electron chi connectivity index (χ0n) is 13.1. The number of nitrogens with one attached hydrogen (secondary N) is 1. The Morgan fingerprint density at radius 3 is 2.64 bits per heavy atom. The minimum absolute atomic E-state index is 0.147. The summed E-state index contributed by atoms with van der Waals surface area (Å²) in [5.41, 5.74) is 1.55. The van der Waals surface area contributed by atoms with Gasteiger partial charge in [0.05, 0.1) is 6.61 Å². The summed E-state index contributed by atoms with van der Waals surface area (Å²) < 4.78 is 47.5. The van der Waals surface area contributed by atoms with Crippen molar-refractivity contribution in [2.45, 2.75) is 32.0 Å². The molecule has 1 fully saturated rings. The van der Waals surface area contributed by atoms with Crippen molar-refractivity contribution in [3.63, 3.8) is 0 Å². The predicted molar refractivity (Wildman–Crippen MR) is 78.1 cm³/mol. The first-order chi connectivity index (χ1) is 10.3. The Morgan fingerprint density at radius 2 is 2.09 bits per heavy atom. The standard InChI is InChI=1S/C16H22F3NO2/c1-11-7-20-9-15(11,2)13-5-4-6-14(12(13)8-21-3)22-10-16(17,18)19/h4-6,11,20H,7-10H2,1-3H3. The summed E-state index contributed by atoms with van der Waals surface area (Å²) in [7, 11) is 1.53. The van der Waals surface area contributed by atoms with Crippen LogP contribution in [-0.2, 0) is 16.8 Å². The smallest absolute Gasteiger partial charge is 0.422 e. The molecule has 0 bridgehead atoms. The third-order valence-electron chi connectivity index (χ3n) is 4.46. The molecule has 0 aromatic heterocycles. The summed E-state index contributed by atoms with van der Waals surface area (Å²) in [6.07, 6.45) is -4.35. The maximum absolute atomic E-state index is 12.4. The maximum Gasteiger partial charge on any atom is 0.422 e. The molecule has 0 saturated carbocycles. The van der Waals surface area contributed by atoms with Crippen LogP contribution in [0, 0.1) is 5.92 Å². The Labute approximate surface area is 128 Å². The van der Waals surface area contributed by atoms with E-state index in [-0.39, 0.29) is 17.8 Å². The number of methoxy groups -OCH3 is 1. The lowest BCUT2D eigenvalue weighted by atomic mass is 9.73. The fourth-order valence-corrected chi connectivity index (χ4v) is 3.00. The van der Waals surface area contributed by atoms with E-state index < -0.39 is 12.8 Å². The quantitative estimate of drug-likeness (QED) is 0.904. The van der Waals surface area contributed by atoms with E-state index in [0.717, 1.165) is 18.7 Å². The van der Waals surface area contributed by atoms with Gasteiger partial charge in [-0.15, -0.1) is 0 Å². The van der Waals surface area contributed by atoms with Crippen LogP contribution in [-0.4, -0.2) is 33.0 Å². The molecule has 0 radical (unpaired) electrons. The highest BCUT2D eigenvalue weighted by molar-refractivity contribution is 5.45. The van der Waals surface area contributed by atoms with Crippen LogP contribution in [0.2, 0.25) is 0 Å². The average molecular weight is 317 g/mol. The van der Waals surface area contributed by atoms with Crippen LogP contribution in [0.1, 0.15) is 25.0 Å². The third-order valence-corrected chi connectivity index (χ3v) is 4.46. The van der Waals surface area contributed by atoms with Crippen molar-refractivity contribution in [3.8, 4) is 5.75 Å². The largest absolute Gasteiger partial charge is 0.484 e. The third kappa shape index (κ3) is 3.55. The SMILES string of the molecule is COCc1c(OCC(F)(F)F)cccc1C1(C)CNCC1C. The van der Waals surface area contributed by atoms with E-state index in [9.17, 15) is 13.2 Å². The van der Waals surface area contributed by atoms with Gasteiger partial charge in [-0.25, -0.2) is 0 Å². The molecule has 22 heavy (non-hydrogen) atoms. The van der Waals surface area contributed by atoms with Crippen molar-refractivity contribution in [1.82, 2.24) is 5.32 Å². The summed E-state index contributed by atoms with van der Waals surface area (Å²) in [4.78, 5) is 0. The lowest BCUT2D eigenvalue weighted by molar-refractivity contribution is -0.153. The second-order valence-corrected chi connectivity index (χ2v) is 6.07. The van der Waals surface area contributed by atoms with Crippen molar-refractivity contribution in [1.29, 1.82) is 0 Å². The highest BCUT2D eigenvalue weighted by atomic mass is 19.4. The molecule has 0 aliphatic carbocycles. The molecule has 1 aliphatic heterocycles. The molecule has 124 valence electrons. The van der Waals surface area contributed by atoms with Gasteiger partial charge in [-0.05, 0) is 24.1 Å². The van der Waals surface area contributed by atoms with Gasteiger partial charge in [-0.2, -0.15) is 13.2 Å². The molecule has 3 nitrogen and oxygen atoms in total. The van der Waals surface area contributed by atoms with Crippen LogP contribution in [0.3, 0.4) is 0 Å². The molecule has 1 heterocycles. The highest BCUT2D eigenvalue weighted by Crippen LogP contribution is 2.40. The Kier molecular flexibility index (Phi) is 5.02. The van der Waals surface area contributed by atoms with Gasteiger partial charge >= 0.3 is 6.18 Å². The van der Waals surface area contributed by atoms with E-state index in [1.807, 2.05) is 6.07 Å². The van der Waals surface area contributed by atoms with Crippen molar-refractivity contribution in [2.24, 2.45) is 5.92 Å².